The minimum Gasteiger partial charge on any atom is -0.497 e. The van der Waals surface area contributed by atoms with Crippen LogP contribution in [0.3, 0.4) is 0 Å². The molecule has 0 aliphatic rings. The SMILES string of the molecule is CCn1cncc1CNc1cc(OC)ccc1OC(F)F. The summed E-state index contributed by atoms with van der Waals surface area (Å²) in [4.78, 5) is 4.06. The van der Waals surface area contributed by atoms with Gasteiger partial charge in [-0.15, -0.1) is 0 Å². The third kappa shape index (κ3) is 3.84. The first-order valence-electron chi connectivity index (χ1n) is 6.49. The van der Waals surface area contributed by atoms with Crippen LogP contribution in [0, 0.1) is 0 Å². The zero-order chi connectivity index (χ0) is 15.2. The van der Waals surface area contributed by atoms with Crippen LogP contribution in [0.1, 0.15) is 12.6 Å². The summed E-state index contributed by atoms with van der Waals surface area (Å²) in [6.45, 7) is 0.359. The lowest BCUT2D eigenvalue weighted by Crippen LogP contribution is -2.09. The molecule has 0 unspecified atom stereocenters. The number of halogens is 2. The molecule has 21 heavy (non-hydrogen) atoms. The van der Waals surface area contributed by atoms with E-state index < -0.39 is 6.61 Å². The van der Waals surface area contributed by atoms with Crippen molar-refractivity contribution in [3.8, 4) is 11.5 Å². The van der Waals surface area contributed by atoms with Gasteiger partial charge in [0.05, 0.1) is 31.4 Å². The standard InChI is InChI=1S/C14H17F2N3O2/c1-3-19-9-17-7-10(19)8-18-12-6-11(20-2)4-5-13(12)21-14(15)16/h4-7,9,14,18H,3,8H2,1-2H3. The zero-order valence-corrected chi connectivity index (χ0v) is 11.8. The molecule has 0 saturated heterocycles. The molecule has 0 saturated carbocycles. The van der Waals surface area contributed by atoms with E-state index in [0.29, 0.717) is 18.0 Å². The third-order valence-electron chi connectivity index (χ3n) is 3.00. The maximum absolute atomic E-state index is 12.4. The van der Waals surface area contributed by atoms with Gasteiger partial charge >= 0.3 is 6.61 Å². The summed E-state index contributed by atoms with van der Waals surface area (Å²) in [6, 6.07) is 4.63. The first-order valence-corrected chi connectivity index (χ1v) is 6.49. The summed E-state index contributed by atoms with van der Waals surface area (Å²) in [5.74, 6) is 0.636. The lowest BCUT2D eigenvalue weighted by Gasteiger charge is -2.14. The van der Waals surface area contributed by atoms with Crippen molar-refractivity contribution in [3.05, 3.63) is 36.4 Å². The van der Waals surface area contributed by atoms with E-state index in [-0.39, 0.29) is 5.75 Å². The van der Waals surface area contributed by atoms with Gasteiger partial charge in [-0.1, -0.05) is 0 Å². The van der Waals surface area contributed by atoms with Crippen molar-refractivity contribution in [2.45, 2.75) is 26.6 Å². The molecule has 0 fully saturated rings. The molecule has 0 aliphatic heterocycles. The number of nitrogens with one attached hydrogen (secondary N) is 1. The number of hydrogen-bond acceptors (Lipinski definition) is 4. The highest BCUT2D eigenvalue weighted by Gasteiger charge is 2.11. The highest BCUT2D eigenvalue weighted by Crippen LogP contribution is 2.30. The maximum Gasteiger partial charge on any atom is 0.387 e. The van der Waals surface area contributed by atoms with Crippen molar-refractivity contribution >= 4 is 5.69 Å². The molecule has 7 heteroatoms. The number of hydrogen-bond donors (Lipinski definition) is 1. The maximum atomic E-state index is 12.4. The largest absolute Gasteiger partial charge is 0.497 e. The molecule has 0 aliphatic carbocycles. The van der Waals surface area contributed by atoms with Crippen LogP contribution in [-0.2, 0) is 13.1 Å². The number of nitrogens with zero attached hydrogens (tertiary/aromatic N) is 2. The lowest BCUT2D eigenvalue weighted by atomic mass is 10.2. The van der Waals surface area contributed by atoms with E-state index >= 15 is 0 Å². The second-order valence-corrected chi connectivity index (χ2v) is 4.27. The van der Waals surface area contributed by atoms with E-state index in [1.165, 1.54) is 13.2 Å². The molecule has 0 atom stereocenters. The Kier molecular flexibility index (Phi) is 4.97. The molecule has 0 amide bonds. The van der Waals surface area contributed by atoms with Gasteiger partial charge in [0, 0.05) is 18.8 Å². The number of benzene rings is 1. The molecule has 114 valence electrons. The van der Waals surface area contributed by atoms with Crippen LogP contribution in [-0.4, -0.2) is 23.3 Å². The van der Waals surface area contributed by atoms with Crippen molar-refractivity contribution in [3.63, 3.8) is 0 Å². The first kappa shape index (κ1) is 15.1. The first-order chi connectivity index (χ1) is 10.1. The van der Waals surface area contributed by atoms with Gasteiger partial charge in [-0.25, -0.2) is 4.98 Å². The number of alkyl halides is 2. The molecule has 2 aromatic rings. The summed E-state index contributed by atoms with van der Waals surface area (Å²) < 4.78 is 36.4. The predicted molar refractivity (Wildman–Crippen MR) is 74.9 cm³/mol. The Labute approximate surface area is 121 Å². The molecule has 5 nitrogen and oxygen atoms in total. The Hall–Kier alpha value is -2.31. The highest BCUT2D eigenvalue weighted by molar-refractivity contribution is 5.59. The summed E-state index contributed by atoms with van der Waals surface area (Å²) in [5, 5.41) is 3.07. The van der Waals surface area contributed by atoms with Gasteiger partial charge in [-0.3, -0.25) is 0 Å². The van der Waals surface area contributed by atoms with Crippen molar-refractivity contribution in [2.75, 3.05) is 12.4 Å². The smallest absolute Gasteiger partial charge is 0.387 e. The van der Waals surface area contributed by atoms with Crippen LogP contribution in [0.15, 0.2) is 30.7 Å². The summed E-state index contributed by atoms with van der Waals surface area (Å²) in [7, 11) is 1.51. The quantitative estimate of drug-likeness (QED) is 0.853. The van der Waals surface area contributed by atoms with Crippen LogP contribution < -0.4 is 14.8 Å². The summed E-state index contributed by atoms with van der Waals surface area (Å²) in [6.07, 6.45) is 3.45. The molecule has 1 aromatic carbocycles. The average Bonchev–Trinajstić information content (AvgIpc) is 2.93. The second kappa shape index (κ2) is 6.92. The fraction of sp³-hybridized carbons (Fsp3) is 0.357. The number of ether oxygens (including phenoxy) is 2. The van der Waals surface area contributed by atoms with E-state index in [2.05, 4.69) is 15.0 Å². The van der Waals surface area contributed by atoms with Gasteiger partial charge in [0.1, 0.15) is 11.5 Å². The Morgan fingerprint density at radius 2 is 2.19 bits per heavy atom. The molecule has 1 aromatic heterocycles. The van der Waals surface area contributed by atoms with Gasteiger partial charge in [0.15, 0.2) is 0 Å². The molecule has 0 spiro atoms. The van der Waals surface area contributed by atoms with E-state index in [1.807, 2.05) is 11.5 Å². The van der Waals surface area contributed by atoms with Crippen molar-refractivity contribution in [2.24, 2.45) is 0 Å². The Bertz CT molecular complexity index is 587. The van der Waals surface area contributed by atoms with Crippen LogP contribution in [0.4, 0.5) is 14.5 Å². The van der Waals surface area contributed by atoms with Gasteiger partial charge in [-0.2, -0.15) is 8.78 Å². The fourth-order valence-corrected chi connectivity index (χ4v) is 1.94. The van der Waals surface area contributed by atoms with Crippen LogP contribution in [0.25, 0.3) is 0 Å². The van der Waals surface area contributed by atoms with Crippen LogP contribution in [0.5, 0.6) is 11.5 Å². The van der Waals surface area contributed by atoms with Gasteiger partial charge in [0.2, 0.25) is 0 Å². The van der Waals surface area contributed by atoms with E-state index in [1.54, 1.807) is 24.7 Å². The van der Waals surface area contributed by atoms with Gasteiger partial charge in [-0.05, 0) is 19.1 Å². The molecular formula is C14H17F2N3O2. The third-order valence-corrected chi connectivity index (χ3v) is 3.00. The van der Waals surface area contributed by atoms with E-state index in [4.69, 9.17) is 4.74 Å². The number of imidazole rings is 1. The summed E-state index contributed by atoms with van der Waals surface area (Å²) in [5.41, 5.74) is 1.39. The second-order valence-electron chi connectivity index (χ2n) is 4.27. The fourth-order valence-electron chi connectivity index (χ4n) is 1.94. The lowest BCUT2D eigenvalue weighted by molar-refractivity contribution is -0.0494. The average molecular weight is 297 g/mol. The molecule has 0 bridgehead atoms. The predicted octanol–water partition coefficient (Wildman–Crippen LogP) is 3.13. The molecule has 1 N–H and O–H groups in total. The minimum absolute atomic E-state index is 0.0772. The topological polar surface area (TPSA) is 48.3 Å². The van der Waals surface area contributed by atoms with Gasteiger partial charge in [0.25, 0.3) is 0 Å². The number of aromatic nitrogens is 2. The minimum atomic E-state index is -2.87. The molecule has 0 radical (unpaired) electrons. The Morgan fingerprint density at radius 1 is 1.38 bits per heavy atom. The summed E-state index contributed by atoms with van der Waals surface area (Å²) >= 11 is 0. The molecular weight excluding hydrogens is 280 g/mol. The Morgan fingerprint density at radius 3 is 2.86 bits per heavy atom. The van der Waals surface area contributed by atoms with Crippen molar-refractivity contribution < 1.29 is 18.3 Å². The van der Waals surface area contributed by atoms with Crippen LogP contribution in [0.2, 0.25) is 0 Å². The zero-order valence-electron chi connectivity index (χ0n) is 11.8. The van der Waals surface area contributed by atoms with E-state index in [0.717, 1.165) is 12.2 Å². The normalized spacial score (nSPS) is 10.7. The Balaban J connectivity index is 2.16. The molecule has 2 rings (SSSR count). The highest BCUT2D eigenvalue weighted by atomic mass is 19.3. The number of methoxy groups -OCH3 is 1. The van der Waals surface area contributed by atoms with Crippen molar-refractivity contribution in [1.82, 2.24) is 9.55 Å². The monoisotopic (exact) mass is 297 g/mol. The van der Waals surface area contributed by atoms with E-state index in [9.17, 15) is 8.78 Å². The molecule has 1 heterocycles. The number of anilines is 1. The van der Waals surface area contributed by atoms with Gasteiger partial charge < -0.3 is 19.4 Å². The number of rotatable bonds is 7. The van der Waals surface area contributed by atoms with Crippen LogP contribution >= 0.6 is 0 Å². The number of aryl methyl sites for hydroxylation is 1. The van der Waals surface area contributed by atoms with Crippen molar-refractivity contribution in [1.29, 1.82) is 0 Å².